The molecule has 38 heavy (non-hydrogen) atoms. The van der Waals surface area contributed by atoms with E-state index in [1.54, 1.807) is 55.5 Å². The number of halogens is 2. The van der Waals surface area contributed by atoms with Crippen molar-refractivity contribution in [3.8, 4) is 0 Å². The van der Waals surface area contributed by atoms with Crippen molar-refractivity contribution in [2.24, 2.45) is 5.73 Å². The number of nitrogens with two attached hydrogens (primary N) is 1. The lowest BCUT2D eigenvalue weighted by atomic mass is 10.1. The van der Waals surface area contributed by atoms with Gasteiger partial charge in [0.15, 0.2) is 11.5 Å². The van der Waals surface area contributed by atoms with E-state index >= 15 is 0 Å². The number of sulfonamides is 1. The Labute approximate surface area is 232 Å². The summed E-state index contributed by atoms with van der Waals surface area (Å²) in [6.07, 6.45) is 1.38. The van der Waals surface area contributed by atoms with Crippen LogP contribution in [-0.4, -0.2) is 47.5 Å². The molecule has 2 heterocycles. The minimum Gasteiger partial charge on any atom is -0.476 e. The third kappa shape index (κ3) is 4.80. The van der Waals surface area contributed by atoms with Gasteiger partial charge in [0.25, 0.3) is 15.9 Å². The van der Waals surface area contributed by atoms with Crippen molar-refractivity contribution in [1.29, 1.82) is 0 Å². The van der Waals surface area contributed by atoms with Gasteiger partial charge in [-0.25, -0.2) is 23.2 Å². The number of hydrogen-bond donors (Lipinski definition) is 3. The number of alkyl halides is 1. The van der Waals surface area contributed by atoms with Crippen molar-refractivity contribution in [3.63, 3.8) is 0 Å². The van der Waals surface area contributed by atoms with Crippen LogP contribution in [-0.2, 0) is 14.8 Å². The highest BCUT2D eigenvalue weighted by molar-refractivity contribution is 9.09. The van der Waals surface area contributed by atoms with Crippen LogP contribution in [0.25, 0.3) is 0 Å². The maximum atomic E-state index is 13.9. The quantitative estimate of drug-likeness (QED) is 0.253. The summed E-state index contributed by atoms with van der Waals surface area (Å²) in [5.41, 5.74) is 9.16. The fraction of sp³-hybridized carbons (Fsp3) is 0.125. The molecule has 1 atom stereocenters. The number of nitrogens with zero attached hydrogens (tertiary/aromatic N) is 4. The Balaban J connectivity index is 1.95. The summed E-state index contributed by atoms with van der Waals surface area (Å²) in [5, 5.41) is 12.6. The monoisotopic (exact) mass is 620 g/mol. The minimum absolute atomic E-state index is 0.0488. The number of nitrogens with one attached hydrogen (secondary N) is 1. The highest BCUT2D eigenvalue weighted by atomic mass is 79.9. The van der Waals surface area contributed by atoms with Gasteiger partial charge in [0, 0.05) is 13.2 Å². The lowest BCUT2D eigenvalue weighted by molar-refractivity contribution is -0.132. The molecule has 0 aliphatic carbocycles. The predicted octanol–water partition coefficient (Wildman–Crippen LogP) is 3.69. The lowest BCUT2D eigenvalue weighted by Crippen LogP contribution is -2.47. The fourth-order valence-electron chi connectivity index (χ4n) is 3.89. The van der Waals surface area contributed by atoms with Crippen molar-refractivity contribution in [3.05, 3.63) is 93.6 Å². The highest BCUT2D eigenvalue weighted by Crippen LogP contribution is 2.43. The van der Waals surface area contributed by atoms with Crippen LogP contribution in [0.2, 0.25) is 5.02 Å². The molecule has 198 valence electrons. The van der Waals surface area contributed by atoms with Gasteiger partial charge in [0.05, 0.1) is 22.0 Å². The van der Waals surface area contributed by atoms with Crippen LogP contribution in [0.15, 0.2) is 77.5 Å². The van der Waals surface area contributed by atoms with Crippen molar-refractivity contribution in [2.45, 2.75) is 11.9 Å². The minimum atomic E-state index is -4.45. The summed E-state index contributed by atoms with van der Waals surface area (Å²) in [5.74, 6) is -2.36. The van der Waals surface area contributed by atoms with Gasteiger partial charge in [-0.05, 0) is 42.8 Å². The summed E-state index contributed by atoms with van der Waals surface area (Å²) in [6.45, 7) is 1.71. The number of carboxylic acid groups (broad SMARTS) is 1. The maximum absolute atomic E-state index is 13.9. The summed E-state index contributed by atoms with van der Waals surface area (Å²) in [7, 11) is -3.13. The number of benzene rings is 2. The van der Waals surface area contributed by atoms with Crippen LogP contribution in [0, 0.1) is 6.92 Å². The second-order valence-electron chi connectivity index (χ2n) is 8.10. The molecule has 11 nitrogen and oxygen atoms in total. The first kappa shape index (κ1) is 27.4. The predicted molar refractivity (Wildman–Crippen MR) is 148 cm³/mol. The molecule has 1 aliphatic heterocycles. The van der Waals surface area contributed by atoms with Gasteiger partial charge in [-0.1, -0.05) is 57.9 Å². The zero-order valence-electron chi connectivity index (χ0n) is 20.0. The topological polar surface area (TPSA) is 149 Å². The molecule has 1 unspecified atom stereocenters. The van der Waals surface area contributed by atoms with E-state index in [0.29, 0.717) is 11.3 Å². The Kier molecular flexibility index (Phi) is 7.65. The van der Waals surface area contributed by atoms with Crippen molar-refractivity contribution in [1.82, 2.24) is 10.1 Å². The van der Waals surface area contributed by atoms with E-state index in [2.05, 4.69) is 26.3 Å². The first-order chi connectivity index (χ1) is 18.0. The van der Waals surface area contributed by atoms with Crippen molar-refractivity contribution < 1.29 is 23.1 Å². The van der Waals surface area contributed by atoms with Gasteiger partial charge < -0.3 is 10.8 Å². The number of hydrogen-bond acceptors (Lipinski definition) is 8. The molecule has 1 amide bonds. The molecular weight excluding hydrogens is 600 g/mol. The second kappa shape index (κ2) is 10.6. The Morgan fingerprint density at radius 1 is 1.13 bits per heavy atom. The van der Waals surface area contributed by atoms with Crippen LogP contribution < -0.4 is 20.5 Å². The average molecular weight is 622 g/mol. The van der Waals surface area contributed by atoms with Crippen molar-refractivity contribution >= 4 is 66.6 Å². The molecule has 4 rings (SSSR count). The number of aromatic nitrogens is 1. The molecular formula is C24H22BrClN6O5S. The number of carbonyl (C=O) groups is 2. The molecule has 0 saturated heterocycles. The molecule has 0 saturated carbocycles. The van der Waals surface area contributed by atoms with Gasteiger partial charge in [-0.3, -0.25) is 14.5 Å². The molecule has 1 aliphatic rings. The molecule has 0 radical (unpaired) electrons. The number of amides is 1. The Morgan fingerprint density at radius 2 is 1.82 bits per heavy atom. The molecule has 4 N–H and O–H groups in total. The number of rotatable bonds is 8. The summed E-state index contributed by atoms with van der Waals surface area (Å²) in [4.78, 5) is 27.3. The highest BCUT2D eigenvalue weighted by Gasteiger charge is 2.50. The lowest BCUT2D eigenvalue weighted by Gasteiger charge is -2.34. The van der Waals surface area contributed by atoms with Gasteiger partial charge in [-0.2, -0.15) is 0 Å². The number of aryl methyl sites for hydroxylation is 1. The zero-order valence-corrected chi connectivity index (χ0v) is 23.2. The third-order valence-corrected chi connectivity index (χ3v) is 9.10. The Morgan fingerprint density at radius 3 is 2.42 bits per heavy atom. The summed E-state index contributed by atoms with van der Waals surface area (Å²) >= 11 is 9.77. The van der Waals surface area contributed by atoms with E-state index < -0.39 is 37.5 Å². The summed E-state index contributed by atoms with van der Waals surface area (Å²) in [6, 6.07) is 16.0. The number of anilines is 3. The van der Waals surface area contributed by atoms with Gasteiger partial charge in [0.2, 0.25) is 0 Å². The largest absolute Gasteiger partial charge is 0.476 e. The molecule has 2 aromatic carbocycles. The number of carboxylic acids is 1. The van der Waals surface area contributed by atoms with Crippen LogP contribution in [0.1, 0.15) is 15.9 Å². The van der Waals surface area contributed by atoms with E-state index in [0.717, 1.165) is 9.31 Å². The van der Waals surface area contributed by atoms with Crippen LogP contribution >= 0.6 is 27.5 Å². The number of carbonyl (C=O) groups excluding carboxylic acids is 1. The molecule has 14 heteroatoms. The normalized spacial score (nSPS) is 16.0. The number of para-hydroxylation sites is 2. The average Bonchev–Trinajstić information content (AvgIpc) is 3.18. The van der Waals surface area contributed by atoms with E-state index in [1.165, 1.54) is 30.5 Å². The smallest absolute Gasteiger partial charge is 0.355 e. The standard InChI is InChI=1S/C24H22BrClN6O5S/c1-14-8-6-11-16(22(27)33)18(14)29-32-21(25)20(38(36,37)30(2)15-9-4-3-5-10-15)19(24(34)35)31(32)23-17(26)12-7-13-28-23/h3-13,21,29H,1-2H3,(H2,27,33)(H,34,35). The van der Waals surface area contributed by atoms with E-state index in [-0.39, 0.29) is 22.1 Å². The maximum Gasteiger partial charge on any atom is 0.355 e. The number of pyridine rings is 1. The fourth-order valence-corrected chi connectivity index (χ4v) is 6.76. The SMILES string of the molecule is Cc1cccc(C(N)=O)c1NN1C(Br)C(S(=O)(=O)N(C)c2ccccc2)=C(C(=O)O)N1c1ncccc1Cl. The van der Waals surface area contributed by atoms with Gasteiger partial charge in [0.1, 0.15) is 9.86 Å². The molecule has 0 bridgehead atoms. The number of primary amides is 1. The third-order valence-electron chi connectivity index (χ3n) is 5.76. The van der Waals surface area contributed by atoms with E-state index in [9.17, 15) is 23.1 Å². The summed E-state index contributed by atoms with van der Waals surface area (Å²) < 4.78 is 28.8. The molecule has 1 aromatic heterocycles. The van der Waals surface area contributed by atoms with Crippen LogP contribution in [0.4, 0.5) is 17.2 Å². The Bertz CT molecular complexity index is 1550. The first-order valence-electron chi connectivity index (χ1n) is 11.0. The van der Waals surface area contributed by atoms with Crippen molar-refractivity contribution in [2.75, 3.05) is 21.8 Å². The number of aliphatic carboxylic acids is 1. The van der Waals surface area contributed by atoms with Gasteiger partial charge in [-0.15, -0.1) is 5.12 Å². The van der Waals surface area contributed by atoms with Crippen LogP contribution in [0.5, 0.6) is 0 Å². The molecule has 3 aromatic rings. The molecule has 0 spiro atoms. The van der Waals surface area contributed by atoms with E-state index in [1.807, 2.05) is 0 Å². The number of hydrazine groups is 2. The van der Waals surface area contributed by atoms with Gasteiger partial charge >= 0.3 is 5.97 Å². The van der Waals surface area contributed by atoms with E-state index in [4.69, 9.17) is 17.3 Å². The first-order valence-corrected chi connectivity index (χ1v) is 13.7. The Hall–Kier alpha value is -3.65. The molecule has 0 fully saturated rings. The zero-order chi connectivity index (χ0) is 27.8. The van der Waals surface area contributed by atoms with Crippen LogP contribution in [0.3, 0.4) is 0 Å². The second-order valence-corrected chi connectivity index (χ2v) is 11.3.